The van der Waals surface area contributed by atoms with E-state index in [1.54, 1.807) is 44.0 Å². The van der Waals surface area contributed by atoms with E-state index in [1.165, 1.54) is 4.68 Å². The number of nitrogens with zero attached hydrogens (tertiary/aromatic N) is 4. The first kappa shape index (κ1) is 21.7. The van der Waals surface area contributed by atoms with Crippen molar-refractivity contribution in [2.24, 2.45) is 7.05 Å². The van der Waals surface area contributed by atoms with Crippen LogP contribution in [0.25, 0.3) is 0 Å². The molecular formula is C24H28N4O4. The first-order chi connectivity index (χ1) is 15.5. The number of rotatable bonds is 6. The summed E-state index contributed by atoms with van der Waals surface area (Å²) in [6, 6.07) is 15.1. The Morgan fingerprint density at radius 1 is 1.09 bits per heavy atom. The van der Waals surface area contributed by atoms with Crippen LogP contribution in [0.15, 0.2) is 53.3 Å². The van der Waals surface area contributed by atoms with Gasteiger partial charge in [-0.1, -0.05) is 30.3 Å². The molecule has 1 unspecified atom stereocenters. The van der Waals surface area contributed by atoms with E-state index in [9.17, 15) is 9.59 Å². The maximum Gasteiger partial charge on any atom is 0.345 e. The Balaban J connectivity index is 1.58. The molecule has 8 heteroatoms. The third-order valence-corrected chi connectivity index (χ3v) is 5.92. The number of likely N-dealkylation sites (tertiary alicyclic amines) is 1. The van der Waals surface area contributed by atoms with Gasteiger partial charge in [-0.2, -0.15) is 5.10 Å². The fraction of sp³-hybridized carbons (Fsp3) is 0.375. The zero-order valence-electron chi connectivity index (χ0n) is 18.7. The van der Waals surface area contributed by atoms with Crippen LogP contribution >= 0.6 is 0 Å². The van der Waals surface area contributed by atoms with Crippen LogP contribution in [0.5, 0.6) is 11.5 Å². The lowest BCUT2D eigenvalue weighted by molar-refractivity contribution is 0.0702. The van der Waals surface area contributed by atoms with Crippen molar-refractivity contribution in [3.63, 3.8) is 0 Å². The highest BCUT2D eigenvalue weighted by Crippen LogP contribution is 2.30. The Kier molecular flexibility index (Phi) is 6.30. The molecule has 0 aliphatic carbocycles. The van der Waals surface area contributed by atoms with E-state index < -0.39 is 0 Å². The lowest BCUT2D eigenvalue weighted by Gasteiger charge is -2.32. The Hall–Kier alpha value is -3.55. The topological polar surface area (TPSA) is 78.6 Å². The average molecular weight is 437 g/mol. The molecule has 1 fully saturated rings. The molecule has 2 heterocycles. The number of piperidine rings is 1. The second-order valence-electron chi connectivity index (χ2n) is 8.00. The lowest BCUT2D eigenvalue weighted by Crippen LogP contribution is -2.40. The first-order valence-electron chi connectivity index (χ1n) is 10.7. The lowest BCUT2D eigenvalue weighted by atomic mass is 9.96. The van der Waals surface area contributed by atoms with Crippen LogP contribution in [0.3, 0.4) is 0 Å². The maximum absolute atomic E-state index is 13.2. The molecule has 0 N–H and O–H groups in total. The van der Waals surface area contributed by atoms with Crippen molar-refractivity contribution in [1.29, 1.82) is 0 Å². The van der Waals surface area contributed by atoms with Gasteiger partial charge in [0.15, 0.2) is 11.5 Å². The number of benzene rings is 2. The van der Waals surface area contributed by atoms with E-state index in [0.717, 1.165) is 24.2 Å². The summed E-state index contributed by atoms with van der Waals surface area (Å²) in [5.41, 5.74) is 1.44. The van der Waals surface area contributed by atoms with Gasteiger partial charge < -0.3 is 14.4 Å². The second kappa shape index (κ2) is 9.30. The Morgan fingerprint density at radius 3 is 2.56 bits per heavy atom. The van der Waals surface area contributed by atoms with Crippen molar-refractivity contribution in [3.8, 4) is 11.5 Å². The second-order valence-corrected chi connectivity index (χ2v) is 8.00. The van der Waals surface area contributed by atoms with E-state index in [0.29, 0.717) is 36.7 Å². The summed E-state index contributed by atoms with van der Waals surface area (Å²) in [6.07, 6.45) is 1.72. The van der Waals surface area contributed by atoms with Crippen LogP contribution in [0.2, 0.25) is 0 Å². The van der Waals surface area contributed by atoms with Crippen LogP contribution < -0.4 is 15.2 Å². The predicted octanol–water partition coefficient (Wildman–Crippen LogP) is 2.67. The molecule has 1 saturated heterocycles. The summed E-state index contributed by atoms with van der Waals surface area (Å²) in [7, 11) is 4.79. The van der Waals surface area contributed by atoms with Gasteiger partial charge >= 0.3 is 5.69 Å². The zero-order valence-corrected chi connectivity index (χ0v) is 18.7. The van der Waals surface area contributed by atoms with Crippen molar-refractivity contribution >= 4 is 5.91 Å². The van der Waals surface area contributed by atoms with Gasteiger partial charge in [0.05, 0.1) is 20.8 Å². The number of methoxy groups -OCH3 is 2. The molecule has 2 aromatic carbocycles. The van der Waals surface area contributed by atoms with Crippen molar-refractivity contribution in [2.75, 3.05) is 27.3 Å². The fourth-order valence-electron chi connectivity index (χ4n) is 4.26. The summed E-state index contributed by atoms with van der Waals surface area (Å²) in [4.78, 5) is 27.8. The molecule has 1 aromatic heterocycles. The summed E-state index contributed by atoms with van der Waals surface area (Å²) in [5, 5.41) is 4.54. The highest BCUT2D eigenvalue weighted by Gasteiger charge is 2.30. The molecule has 1 aliphatic rings. The first-order valence-corrected chi connectivity index (χ1v) is 10.7. The van der Waals surface area contributed by atoms with Crippen LogP contribution in [-0.2, 0) is 13.6 Å². The molecule has 0 spiro atoms. The van der Waals surface area contributed by atoms with Gasteiger partial charge in [0.2, 0.25) is 0 Å². The Labute approximate surface area is 187 Å². The standard InChI is InChI=1S/C24H28N4O4/c1-26-24(30)28(15-17-8-5-4-6-9-17)22(25-26)19-10-7-13-27(16-19)23(29)18-11-12-20(31-2)21(14-18)32-3/h4-6,8-9,11-12,14,19H,7,10,13,15-16H2,1-3H3. The molecular weight excluding hydrogens is 408 g/mol. The van der Waals surface area contributed by atoms with Gasteiger partial charge in [-0.25, -0.2) is 9.48 Å². The number of hydrogen-bond acceptors (Lipinski definition) is 5. The van der Waals surface area contributed by atoms with Crippen molar-refractivity contribution in [2.45, 2.75) is 25.3 Å². The molecule has 0 bridgehead atoms. The van der Waals surface area contributed by atoms with E-state index in [1.807, 2.05) is 35.2 Å². The summed E-state index contributed by atoms with van der Waals surface area (Å²) >= 11 is 0. The normalized spacial score (nSPS) is 16.1. The molecule has 4 rings (SSSR count). The number of carbonyl (C=O) groups is 1. The van der Waals surface area contributed by atoms with Crippen molar-refractivity contribution in [1.82, 2.24) is 19.2 Å². The molecule has 1 atom stereocenters. The van der Waals surface area contributed by atoms with Gasteiger partial charge in [0.25, 0.3) is 5.91 Å². The van der Waals surface area contributed by atoms with Crippen LogP contribution in [-0.4, -0.2) is 52.5 Å². The minimum atomic E-state index is -0.146. The van der Waals surface area contributed by atoms with Crippen LogP contribution in [0, 0.1) is 0 Å². The van der Waals surface area contributed by atoms with E-state index in [2.05, 4.69) is 5.10 Å². The van der Waals surface area contributed by atoms with Gasteiger partial charge in [-0.3, -0.25) is 9.36 Å². The molecule has 8 nitrogen and oxygen atoms in total. The number of ether oxygens (including phenoxy) is 2. The monoisotopic (exact) mass is 436 g/mol. The summed E-state index contributed by atoms with van der Waals surface area (Å²) in [6.45, 7) is 1.64. The largest absolute Gasteiger partial charge is 0.493 e. The predicted molar refractivity (Wildman–Crippen MR) is 120 cm³/mol. The number of aromatic nitrogens is 3. The number of amides is 1. The van der Waals surface area contributed by atoms with Gasteiger partial charge in [-0.15, -0.1) is 0 Å². The van der Waals surface area contributed by atoms with E-state index in [4.69, 9.17) is 9.47 Å². The average Bonchev–Trinajstić information content (AvgIpc) is 3.12. The highest BCUT2D eigenvalue weighted by atomic mass is 16.5. The smallest absolute Gasteiger partial charge is 0.345 e. The Bertz CT molecular complexity index is 1150. The number of aryl methyl sites for hydroxylation is 1. The molecule has 1 amide bonds. The van der Waals surface area contributed by atoms with Crippen molar-refractivity contribution < 1.29 is 14.3 Å². The van der Waals surface area contributed by atoms with Crippen LogP contribution in [0.1, 0.15) is 40.5 Å². The van der Waals surface area contributed by atoms with Crippen molar-refractivity contribution in [3.05, 3.63) is 76.0 Å². The third kappa shape index (κ3) is 4.26. The molecule has 0 radical (unpaired) electrons. The molecule has 1 aliphatic heterocycles. The SMILES string of the molecule is COc1ccc(C(=O)N2CCCC(c3nn(C)c(=O)n3Cc3ccccc3)C2)cc1OC. The van der Waals surface area contributed by atoms with Gasteiger partial charge in [0.1, 0.15) is 5.82 Å². The fourth-order valence-corrected chi connectivity index (χ4v) is 4.26. The van der Waals surface area contributed by atoms with Crippen LogP contribution in [0.4, 0.5) is 0 Å². The molecule has 32 heavy (non-hydrogen) atoms. The number of hydrogen-bond donors (Lipinski definition) is 0. The van der Waals surface area contributed by atoms with Gasteiger partial charge in [-0.05, 0) is 36.6 Å². The summed E-state index contributed by atoms with van der Waals surface area (Å²) in [5.74, 6) is 1.76. The molecule has 3 aromatic rings. The minimum absolute atomic E-state index is 0.00884. The Morgan fingerprint density at radius 2 is 1.84 bits per heavy atom. The third-order valence-electron chi connectivity index (χ3n) is 5.92. The molecule has 0 saturated carbocycles. The molecule has 168 valence electrons. The highest BCUT2D eigenvalue weighted by molar-refractivity contribution is 5.95. The maximum atomic E-state index is 13.2. The van der Waals surface area contributed by atoms with E-state index >= 15 is 0 Å². The minimum Gasteiger partial charge on any atom is -0.493 e. The summed E-state index contributed by atoms with van der Waals surface area (Å²) < 4.78 is 13.7. The quantitative estimate of drug-likeness (QED) is 0.594. The van der Waals surface area contributed by atoms with E-state index in [-0.39, 0.29) is 17.5 Å². The zero-order chi connectivity index (χ0) is 22.7. The number of carbonyl (C=O) groups excluding carboxylic acids is 1. The van der Waals surface area contributed by atoms with Gasteiger partial charge in [0, 0.05) is 31.6 Å².